The first-order chi connectivity index (χ1) is 17.6. The maximum atomic E-state index is 13.0. The number of fused-ring (bicyclic) bond motifs is 2. The summed E-state index contributed by atoms with van der Waals surface area (Å²) in [7, 11) is 1.53. The Hall–Kier alpha value is -3.26. The summed E-state index contributed by atoms with van der Waals surface area (Å²) >= 11 is 0. The minimum atomic E-state index is -0.318. The molecule has 36 heavy (non-hydrogen) atoms. The number of carbonyl (C=O) groups excluding carboxylic acids is 2. The van der Waals surface area contributed by atoms with E-state index in [9.17, 15) is 9.59 Å². The van der Waals surface area contributed by atoms with Crippen LogP contribution in [0.1, 0.15) is 59.2 Å². The molecule has 0 radical (unpaired) electrons. The Morgan fingerprint density at radius 2 is 1.83 bits per heavy atom. The lowest BCUT2D eigenvalue weighted by molar-refractivity contribution is 0.0575. The van der Waals surface area contributed by atoms with Gasteiger partial charge in [0, 0.05) is 35.8 Å². The first kappa shape index (κ1) is 24.4. The highest BCUT2D eigenvalue weighted by Crippen LogP contribution is 2.40. The molecule has 0 bridgehead atoms. The van der Waals surface area contributed by atoms with E-state index in [-0.39, 0.29) is 11.8 Å². The lowest BCUT2D eigenvalue weighted by Crippen LogP contribution is -2.51. The van der Waals surface area contributed by atoms with Gasteiger partial charge >= 0.3 is 0 Å². The fourth-order valence-electron chi connectivity index (χ4n) is 5.61. The SMILES string of the molecule is COc1cc(C(=O)Nc2cccc(C(=O)NCC3CCCN4CCCCC34)c2)cc2c1OCCCO2. The fourth-order valence-corrected chi connectivity index (χ4v) is 5.61. The second kappa shape index (κ2) is 11.2. The Kier molecular flexibility index (Phi) is 7.60. The molecule has 8 heteroatoms. The second-order valence-corrected chi connectivity index (χ2v) is 9.80. The zero-order chi connectivity index (χ0) is 24.9. The maximum Gasteiger partial charge on any atom is 0.255 e. The highest BCUT2D eigenvalue weighted by atomic mass is 16.5. The molecule has 2 aromatic carbocycles. The van der Waals surface area contributed by atoms with E-state index < -0.39 is 0 Å². The highest BCUT2D eigenvalue weighted by molar-refractivity contribution is 6.06. The smallest absolute Gasteiger partial charge is 0.255 e. The van der Waals surface area contributed by atoms with Gasteiger partial charge < -0.3 is 29.7 Å². The first-order valence-electron chi connectivity index (χ1n) is 13.0. The first-order valence-corrected chi connectivity index (χ1v) is 13.0. The van der Waals surface area contributed by atoms with Gasteiger partial charge in [-0.2, -0.15) is 0 Å². The molecule has 0 aromatic heterocycles. The number of rotatable bonds is 6. The standard InChI is InChI=1S/C28H35N3O5/c1-34-24-16-21(17-25-26(24)36-14-6-13-35-25)28(33)30-22-9-4-7-19(15-22)27(32)29-18-20-8-5-12-31-11-3-2-10-23(20)31/h4,7,9,15-17,20,23H,2-3,5-6,8,10-14,18H2,1H3,(H,29,32)(H,30,33). The molecule has 2 amide bonds. The topological polar surface area (TPSA) is 89.1 Å². The molecule has 2 N–H and O–H groups in total. The number of benzene rings is 2. The number of nitrogens with one attached hydrogen (secondary N) is 2. The number of nitrogens with zero attached hydrogens (tertiary/aromatic N) is 1. The predicted octanol–water partition coefficient (Wildman–Crippen LogP) is 4.10. The van der Waals surface area contributed by atoms with Crippen LogP contribution in [0.25, 0.3) is 0 Å². The molecule has 2 unspecified atom stereocenters. The van der Waals surface area contributed by atoms with E-state index in [1.807, 2.05) is 0 Å². The third kappa shape index (κ3) is 5.43. The number of hydrogen-bond donors (Lipinski definition) is 2. The van der Waals surface area contributed by atoms with Crippen molar-refractivity contribution in [2.24, 2.45) is 5.92 Å². The molecule has 2 saturated heterocycles. The van der Waals surface area contributed by atoms with Crippen LogP contribution in [0.15, 0.2) is 36.4 Å². The molecular weight excluding hydrogens is 458 g/mol. The maximum absolute atomic E-state index is 13.0. The Morgan fingerprint density at radius 3 is 2.72 bits per heavy atom. The van der Waals surface area contributed by atoms with Gasteiger partial charge in [-0.05, 0) is 75.0 Å². The van der Waals surface area contributed by atoms with E-state index in [0.29, 0.717) is 65.8 Å². The van der Waals surface area contributed by atoms with Crippen LogP contribution in [0.2, 0.25) is 0 Å². The summed E-state index contributed by atoms with van der Waals surface area (Å²) in [6.07, 6.45) is 6.91. The van der Waals surface area contributed by atoms with E-state index in [2.05, 4.69) is 15.5 Å². The van der Waals surface area contributed by atoms with E-state index in [0.717, 1.165) is 12.8 Å². The summed E-state index contributed by atoms with van der Waals surface area (Å²) in [6, 6.07) is 10.9. The molecule has 0 spiro atoms. The third-order valence-corrected chi connectivity index (χ3v) is 7.43. The van der Waals surface area contributed by atoms with E-state index in [1.54, 1.807) is 36.4 Å². The summed E-state index contributed by atoms with van der Waals surface area (Å²) < 4.78 is 16.9. The van der Waals surface area contributed by atoms with Crippen LogP contribution in [0, 0.1) is 5.92 Å². The van der Waals surface area contributed by atoms with Crippen LogP contribution in [-0.4, -0.2) is 62.7 Å². The summed E-state index contributed by atoms with van der Waals surface area (Å²) in [4.78, 5) is 28.6. The van der Waals surface area contributed by atoms with Crippen LogP contribution in [0.5, 0.6) is 17.2 Å². The zero-order valence-electron chi connectivity index (χ0n) is 20.9. The van der Waals surface area contributed by atoms with Gasteiger partial charge in [-0.1, -0.05) is 12.5 Å². The minimum absolute atomic E-state index is 0.115. The summed E-state index contributed by atoms with van der Waals surface area (Å²) in [5.74, 6) is 1.52. The van der Waals surface area contributed by atoms with Gasteiger partial charge in [0.05, 0.1) is 20.3 Å². The number of amides is 2. The number of anilines is 1. The Morgan fingerprint density at radius 1 is 0.972 bits per heavy atom. The Balaban J connectivity index is 1.23. The number of methoxy groups -OCH3 is 1. The quantitative estimate of drug-likeness (QED) is 0.630. The molecule has 2 fully saturated rings. The summed E-state index contributed by atoms with van der Waals surface area (Å²) in [5, 5.41) is 6.04. The van der Waals surface area contributed by atoms with Gasteiger partial charge in [-0.25, -0.2) is 0 Å². The van der Waals surface area contributed by atoms with Crippen LogP contribution < -0.4 is 24.8 Å². The van der Waals surface area contributed by atoms with Crippen molar-refractivity contribution < 1.29 is 23.8 Å². The zero-order valence-corrected chi connectivity index (χ0v) is 20.9. The molecule has 5 rings (SSSR count). The number of carbonyl (C=O) groups is 2. The summed E-state index contributed by atoms with van der Waals surface area (Å²) in [6.45, 7) is 4.10. The predicted molar refractivity (Wildman–Crippen MR) is 137 cm³/mol. The highest BCUT2D eigenvalue weighted by Gasteiger charge is 2.33. The fraction of sp³-hybridized carbons (Fsp3) is 0.500. The lowest BCUT2D eigenvalue weighted by Gasteiger charge is -2.44. The van der Waals surface area contributed by atoms with Crippen molar-refractivity contribution in [3.8, 4) is 17.2 Å². The minimum Gasteiger partial charge on any atom is -0.493 e. The number of piperidine rings is 2. The second-order valence-electron chi connectivity index (χ2n) is 9.80. The van der Waals surface area contributed by atoms with Gasteiger partial charge in [-0.3, -0.25) is 9.59 Å². The molecule has 0 saturated carbocycles. The van der Waals surface area contributed by atoms with Crippen LogP contribution >= 0.6 is 0 Å². The van der Waals surface area contributed by atoms with Gasteiger partial charge in [0.1, 0.15) is 0 Å². The molecule has 8 nitrogen and oxygen atoms in total. The van der Waals surface area contributed by atoms with Gasteiger partial charge in [0.2, 0.25) is 5.75 Å². The third-order valence-electron chi connectivity index (χ3n) is 7.43. The molecule has 3 heterocycles. The molecule has 0 aliphatic carbocycles. The molecule has 2 atom stereocenters. The average Bonchev–Trinajstić information content (AvgIpc) is 3.17. The molecule has 2 aromatic rings. The van der Waals surface area contributed by atoms with Gasteiger partial charge in [-0.15, -0.1) is 0 Å². The van der Waals surface area contributed by atoms with Crippen molar-refractivity contribution in [3.05, 3.63) is 47.5 Å². The molecule has 3 aliphatic rings. The molecule has 192 valence electrons. The van der Waals surface area contributed by atoms with Crippen LogP contribution in [0.3, 0.4) is 0 Å². The van der Waals surface area contributed by atoms with Crippen LogP contribution in [0.4, 0.5) is 5.69 Å². The number of hydrogen-bond acceptors (Lipinski definition) is 6. The van der Waals surface area contributed by atoms with Crippen molar-refractivity contribution in [1.29, 1.82) is 0 Å². The van der Waals surface area contributed by atoms with Crippen molar-refractivity contribution >= 4 is 17.5 Å². The monoisotopic (exact) mass is 493 g/mol. The Labute approximate surface area is 212 Å². The van der Waals surface area contributed by atoms with E-state index in [4.69, 9.17) is 14.2 Å². The normalized spacial score (nSPS) is 21.6. The van der Waals surface area contributed by atoms with Crippen molar-refractivity contribution in [2.45, 2.75) is 44.6 Å². The lowest BCUT2D eigenvalue weighted by atomic mass is 9.83. The van der Waals surface area contributed by atoms with Gasteiger partial charge in [0.25, 0.3) is 11.8 Å². The number of ether oxygens (including phenoxy) is 3. The molecule has 3 aliphatic heterocycles. The summed E-state index contributed by atoms with van der Waals surface area (Å²) in [5.41, 5.74) is 1.47. The van der Waals surface area contributed by atoms with Crippen molar-refractivity contribution in [1.82, 2.24) is 10.2 Å². The van der Waals surface area contributed by atoms with Crippen molar-refractivity contribution in [2.75, 3.05) is 45.3 Å². The van der Waals surface area contributed by atoms with Crippen LogP contribution in [-0.2, 0) is 0 Å². The Bertz CT molecular complexity index is 1100. The molecular formula is C28H35N3O5. The van der Waals surface area contributed by atoms with Crippen molar-refractivity contribution in [3.63, 3.8) is 0 Å². The van der Waals surface area contributed by atoms with E-state index in [1.165, 1.54) is 45.9 Å². The van der Waals surface area contributed by atoms with E-state index >= 15 is 0 Å². The average molecular weight is 494 g/mol. The largest absolute Gasteiger partial charge is 0.493 e. The van der Waals surface area contributed by atoms with Gasteiger partial charge in [0.15, 0.2) is 11.5 Å².